The van der Waals surface area contributed by atoms with Crippen LogP contribution in [0.4, 0.5) is 0 Å². The summed E-state index contributed by atoms with van der Waals surface area (Å²) in [5.74, 6) is 0. The molecule has 0 aliphatic rings. The second kappa shape index (κ2) is 8.16. The van der Waals surface area contributed by atoms with Crippen molar-refractivity contribution in [1.29, 1.82) is 0 Å². The summed E-state index contributed by atoms with van der Waals surface area (Å²) < 4.78 is 4.70. The molecule has 0 N–H and O–H groups in total. The van der Waals surface area contributed by atoms with E-state index in [0.717, 1.165) is 0 Å². The minimum absolute atomic E-state index is 0. The molecule has 0 nitrogen and oxygen atoms in total. The minimum atomic E-state index is -0.789. The van der Waals surface area contributed by atoms with Crippen LogP contribution >= 0.6 is 0 Å². The van der Waals surface area contributed by atoms with E-state index in [-0.39, 0.29) is 12.4 Å². The first-order valence-electron chi connectivity index (χ1n) is 3.18. The van der Waals surface area contributed by atoms with Gasteiger partial charge in [-0.3, -0.25) is 0 Å². The Balaban J connectivity index is 0. The number of hydrogen-bond acceptors (Lipinski definition) is 0. The molecule has 0 amide bonds. The van der Waals surface area contributed by atoms with Crippen molar-refractivity contribution in [3.63, 3.8) is 0 Å². The van der Waals surface area contributed by atoms with Crippen LogP contribution in [0.5, 0.6) is 0 Å². The summed E-state index contributed by atoms with van der Waals surface area (Å²) >= 11 is -0.789. The van der Waals surface area contributed by atoms with Crippen LogP contribution in [0.25, 0.3) is 0 Å². The van der Waals surface area contributed by atoms with E-state index in [1.165, 1.54) is 0 Å². The van der Waals surface area contributed by atoms with Gasteiger partial charge in [-0.05, 0) is 0 Å². The van der Waals surface area contributed by atoms with Crippen LogP contribution in [0.3, 0.4) is 0 Å². The Morgan fingerprint density at radius 3 is 1.12 bits per heavy atom. The van der Waals surface area contributed by atoms with Gasteiger partial charge in [-0.25, -0.2) is 0 Å². The zero-order valence-corrected chi connectivity index (χ0v) is 10.3. The molecule has 50 valence electrons. The maximum atomic E-state index is 2.36. The van der Waals surface area contributed by atoms with Crippen LogP contribution in [-0.2, 0) is 21.4 Å². The van der Waals surface area contributed by atoms with Gasteiger partial charge in [0, 0.05) is 0 Å². The normalized spacial score (nSPS) is 7.88. The fraction of sp³-hybridized carbons (Fsp3) is 1.00. The Bertz CT molecular complexity index is 30.0. The van der Waals surface area contributed by atoms with Gasteiger partial charge in [-0.1, -0.05) is 0 Å². The third kappa shape index (κ3) is 5.30. The zero-order valence-electron chi connectivity index (χ0n) is 6.00. The van der Waals surface area contributed by atoms with Crippen molar-refractivity contribution in [1.82, 2.24) is 0 Å². The van der Waals surface area contributed by atoms with Gasteiger partial charge in [-0.2, -0.15) is 0 Å². The molecule has 0 saturated heterocycles. The van der Waals surface area contributed by atoms with Crippen molar-refractivity contribution in [3.8, 4) is 0 Å². The average Bonchev–Trinajstić information content (AvgIpc) is 1.72. The second-order valence-electron chi connectivity index (χ2n) is 1.81. The Hall–Kier alpha value is 1.16. The standard InChI is InChI=1S/3C2H5.ClH.Hf/c3*1-2;;/h3*1H2,2H3;1H;/q;;;;+1/p-1. The molecule has 0 atom stereocenters. The summed E-state index contributed by atoms with van der Waals surface area (Å²) in [7, 11) is 0. The predicted octanol–water partition coefficient (Wildman–Crippen LogP) is -0.0768. The molecule has 0 aromatic heterocycles. The summed E-state index contributed by atoms with van der Waals surface area (Å²) in [5, 5.41) is 0. The molecule has 0 heterocycles. The fourth-order valence-corrected chi connectivity index (χ4v) is 6.14. The van der Waals surface area contributed by atoms with Crippen LogP contribution in [0.15, 0.2) is 0 Å². The molecule has 0 saturated carbocycles. The molecule has 0 unspecified atom stereocenters. The van der Waals surface area contributed by atoms with Gasteiger partial charge in [0.15, 0.2) is 0 Å². The van der Waals surface area contributed by atoms with Crippen molar-refractivity contribution in [2.75, 3.05) is 0 Å². The van der Waals surface area contributed by atoms with Gasteiger partial charge in [-0.15, -0.1) is 0 Å². The maximum Gasteiger partial charge on any atom is -1.00 e. The van der Waals surface area contributed by atoms with Crippen molar-refractivity contribution in [2.45, 2.75) is 33.3 Å². The first-order chi connectivity index (χ1) is 3.35. The Morgan fingerprint density at radius 1 is 0.875 bits per heavy atom. The van der Waals surface area contributed by atoms with Gasteiger partial charge in [0.1, 0.15) is 0 Å². The molecule has 0 spiro atoms. The molecule has 0 aromatic carbocycles. The summed E-state index contributed by atoms with van der Waals surface area (Å²) in [6.45, 7) is 7.07. The predicted molar refractivity (Wildman–Crippen MR) is 31.4 cm³/mol. The molecule has 2 heteroatoms. The van der Waals surface area contributed by atoms with Gasteiger partial charge in [0.2, 0.25) is 0 Å². The van der Waals surface area contributed by atoms with Gasteiger partial charge < -0.3 is 12.4 Å². The van der Waals surface area contributed by atoms with E-state index in [2.05, 4.69) is 20.8 Å². The van der Waals surface area contributed by atoms with E-state index in [1.54, 1.807) is 12.5 Å². The maximum absolute atomic E-state index is 2.36. The van der Waals surface area contributed by atoms with Crippen molar-refractivity contribution >= 4 is 0 Å². The Kier molecular flexibility index (Phi) is 12.1. The molecule has 0 bridgehead atoms. The van der Waals surface area contributed by atoms with Gasteiger partial charge in [0.25, 0.3) is 0 Å². The largest absolute Gasteiger partial charge is 1.00 e. The summed E-state index contributed by atoms with van der Waals surface area (Å²) in [4.78, 5) is 0. The molecule has 0 radical (unpaired) electrons. The summed E-state index contributed by atoms with van der Waals surface area (Å²) in [6.07, 6.45) is 0. The van der Waals surface area contributed by atoms with E-state index < -0.39 is 21.4 Å². The second-order valence-corrected chi connectivity index (χ2v) is 14.8. The molecule has 8 heavy (non-hydrogen) atoms. The number of rotatable bonds is 3. The van der Waals surface area contributed by atoms with Crippen LogP contribution < -0.4 is 12.4 Å². The van der Waals surface area contributed by atoms with Crippen LogP contribution in [0.1, 0.15) is 20.8 Å². The molecule has 0 aliphatic heterocycles. The first kappa shape index (κ1) is 11.9. The summed E-state index contributed by atoms with van der Waals surface area (Å²) in [6, 6.07) is 0. The first-order valence-corrected chi connectivity index (χ1v) is 10.8. The molecule has 0 fully saturated rings. The van der Waals surface area contributed by atoms with E-state index in [0.29, 0.717) is 0 Å². The van der Waals surface area contributed by atoms with E-state index in [1.807, 2.05) is 0 Å². The van der Waals surface area contributed by atoms with E-state index in [4.69, 9.17) is 0 Å². The Morgan fingerprint density at radius 2 is 1.12 bits per heavy atom. The van der Waals surface area contributed by atoms with Crippen molar-refractivity contribution in [3.05, 3.63) is 0 Å². The van der Waals surface area contributed by atoms with Gasteiger partial charge >= 0.3 is 54.7 Å². The van der Waals surface area contributed by atoms with Gasteiger partial charge in [0.05, 0.1) is 0 Å². The van der Waals surface area contributed by atoms with Crippen molar-refractivity contribution < 1.29 is 33.8 Å². The summed E-state index contributed by atoms with van der Waals surface area (Å²) in [5.41, 5.74) is 0. The van der Waals surface area contributed by atoms with Crippen LogP contribution in [0.2, 0.25) is 12.5 Å². The number of halogens is 1. The molecule has 0 rings (SSSR count). The Labute approximate surface area is 67.0 Å². The van der Waals surface area contributed by atoms with E-state index >= 15 is 0 Å². The molecular formula is C6H15ClHf. The fourth-order valence-electron chi connectivity index (χ4n) is 0.750. The smallest absolute Gasteiger partial charge is 1.00 e. The average molecular weight is 301 g/mol. The van der Waals surface area contributed by atoms with E-state index in [9.17, 15) is 0 Å². The van der Waals surface area contributed by atoms with Crippen LogP contribution in [-0.4, -0.2) is 0 Å². The monoisotopic (exact) mass is 302 g/mol. The number of hydrogen-bond donors (Lipinski definition) is 0. The topological polar surface area (TPSA) is 0 Å². The van der Waals surface area contributed by atoms with Crippen LogP contribution in [0, 0.1) is 0 Å². The third-order valence-corrected chi connectivity index (χ3v) is 12.3. The molecule has 0 aliphatic carbocycles. The minimum Gasteiger partial charge on any atom is -1.00 e. The zero-order chi connectivity index (χ0) is 5.70. The molecular weight excluding hydrogens is 286 g/mol. The third-order valence-electron chi connectivity index (χ3n) is 1.50. The SMILES string of the molecule is C[CH2][Hf+]([CH2]C)[CH2]C.[Cl-]. The van der Waals surface area contributed by atoms with Crippen molar-refractivity contribution in [2.24, 2.45) is 0 Å². The molecule has 0 aromatic rings. The quantitative estimate of drug-likeness (QED) is 0.640.